The quantitative estimate of drug-likeness (QED) is 0.598. The minimum absolute atomic E-state index is 0.0235. The molecule has 0 saturated carbocycles. The molecule has 1 amide bonds. The Morgan fingerprint density at radius 2 is 1.91 bits per heavy atom. The number of nitrogens with zero attached hydrogens (tertiary/aromatic N) is 7. The van der Waals surface area contributed by atoms with Crippen LogP contribution in [0.25, 0.3) is 11.3 Å². The standard InChI is InChI=1S/C22H25N9O2/c1-3-18-26-21(29-22(27-18)31-10-8-30(2)9-11-31)28-20-23-7-6-15(25-20)14-4-5-17-16(12-14)24-19(32)13-33-17/h4-7,12H,3,8-11,13H2,1-2H3,(H,24,32)(H,23,25,26,27,28,29). The Hall–Kier alpha value is -3.86. The van der Waals surface area contributed by atoms with Crippen LogP contribution < -0.4 is 20.3 Å². The van der Waals surface area contributed by atoms with Gasteiger partial charge in [-0.25, -0.2) is 9.97 Å². The average molecular weight is 448 g/mol. The van der Waals surface area contributed by atoms with Crippen molar-refractivity contribution < 1.29 is 9.53 Å². The first kappa shape index (κ1) is 21.0. The number of ether oxygens (including phenoxy) is 1. The Balaban J connectivity index is 1.39. The first-order valence-corrected chi connectivity index (χ1v) is 10.9. The van der Waals surface area contributed by atoms with Crippen LogP contribution in [0.15, 0.2) is 30.5 Å². The second kappa shape index (κ2) is 8.94. The molecule has 2 aliphatic rings. The summed E-state index contributed by atoms with van der Waals surface area (Å²) in [7, 11) is 2.11. The number of hydrogen-bond acceptors (Lipinski definition) is 10. The number of anilines is 4. The highest BCUT2D eigenvalue weighted by Crippen LogP contribution is 2.32. The number of hydrogen-bond donors (Lipinski definition) is 2. The van der Waals surface area contributed by atoms with Crippen LogP contribution in [0.2, 0.25) is 0 Å². The predicted octanol–water partition coefficient (Wildman–Crippen LogP) is 1.72. The van der Waals surface area contributed by atoms with Crippen LogP contribution in [0, 0.1) is 0 Å². The fourth-order valence-electron chi connectivity index (χ4n) is 3.69. The zero-order chi connectivity index (χ0) is 22.8. The first-order valence-electron chi connectivity index (χ1n) is 10.9. The molecule has 2 aliphatic heterocycles. The molecule has 0 unspecified atom stereocenters. The molecule has 5 rings (SSSR count). The number of aryl methyl sites for hydroxylation is 1. The van der Waals surface area contributed by atoms with Gasteiger partial charge in [-0.2, -0.15) is 15.0 Å². The molecule has 2 aromatic heterocycles. The van der Waals surface area contributed by atoms with Gasteiger partial charge in [-0.1, -0.05) is 6.92 Å². The van der Waals surface area contributed by atoms with Gasteiger partial charge in [0.05, 0.1) is 11.4 Å². The maximum absolute atomic E-state index is 11.6. The van der Waals surface area contributed by atoms with E-state index in [9.17, 15) is 4.79 Å². The van der Waals surface area contributed by atoms with Crippen molar-refractivity contribution in [3.8, 4) is 17.0 Å². The molecular formula is C22H25N9O2. The van der Waals surface area contributed by atoms with Gasteiger partial charge in [-0.3, -0.25) is 10.1 Å². The number of likely N-dealkylation sites (N-methyl/N-ethyl adjacent to an activating group) is 1. The maximum Gasteiger partial charge on any atom is 0.262 e. The molecule has 0 radical (unpaired) electrons. The minimum atomic E-state index is -0.178. The van der Waals surface area contributed by atoms with E-state index in [1.54, 1.807) is 12.3 Å². The Morgan fingerprint density at radius 1 is 1.06 bits per heavy atom. The summed E-state index contributed by atoms with van der Waals surface area (Å²) in [6, 6.07) is 7.36. The zero-order valence-electron chi connectivity index (χ0n) is 18.6. The van der Waals surface area contributed by atoms with E-state index in [1.165, 1.54) is 0 Å². The lowest BCUT2D eigenvalue weighted by Gasteiger charge is -2.32. The summed E-state index contributed by atoms with van der Waals surface area (Å²) in [5, 5.41) is 5.95. The van der Waals surface area contributed by atoms with Gasteiger partial charge in [0.25, 0.3) is 5.91 Å². The van der Waals surface area contributed by atoms with Crippen molar-refractivity contribution in [3.05, 3.63) is 36.3 Å². The number of nitrogens with one attached hydrogen (secondary N) is 2. The van der Waals surface area contributed by atoms with Gasteiger partial charge in [0.1, 0.15) is 11.6 Å². The third-order valence-corrected chi connectivity index (χ3v) is 5.56. The van der Waals surface area contributed by atoms with Crippen LogP contribution in [-0.2, 0) is 11.2 Å². The number of piperazine rings is 1. The predicted molar refractivity (Wildman–Crippen MR) is 124 cm³/mol. The van der Waals surface area contributed by atoms with E-state index in [0.29, 0.717) is 47.2 Å². The topological polar surface area (TPSA) is 121 Å². The van der Waals surface area contributed by atoms with Crippen LogP contribution in [0.1, 0.15) is 12.7 Å². The van der Waals surface area contributed by atoms with Gasteiger partial charge < -0.3 is 19.9 Å². The summed E-state index contributed by atoms with van der Waals surface area (Å²) in [4.78, 5) is 38.8. The molecule has 1 saturated heterocycles. The van der Waals surface area contributed by atoms with E-state index < -0.39 is 0 Å². The summed E-state index contributed by atoms with van der Waals surface area (Å²) in [5.74, 6) is 2.63. The van der Waals surface area contributed by atoms with Gasteiger partial charge in [0, 0.05) is 44.4 Å². The molecule has 0 atom stereocenters. The van der Waals surface area contributed by atoms with E-state index in [2.05, 4.69) is 52.4 Å². The number of amides is 1. The number of carbonyl (C=O) groups excluding carboxylic acids is 1. The smallest absolute Gasteiger partial charge is 0.262 e. The second-order valence-corrected chi connectivity index (χ2v) is 7.96. The lowest BCUT2D eigenvalue weighted by Crippen LogP contribution is -2.45. The molecule has 0 bridgehead atoms. The van der Waals surface area contributed by atoms with E-state index in [0.717, 1.165) is 31.7 Å². The van der Waals surface area contributed by atoms with Crippen LogP contribution in [0.5, 0.6) is 5.75 Å². The first-order chi connectivity index (χ1) is 16.1. The Morgan fingerprint density at radius 3 is 2.73 bits per heavy atom. The van der Waals surface area contributed by atoms with E-state index >= 15 is 0 Å². The molecular weight excluding hydrogens is 422 g/mol. The lowest BCUT2D eigenvalue weighted by atomic mass is 10.1. The molecule has 4 heterocycles. The fraction of sp³-hybridized carbons (Fsp3) is 0.364. The van der Waals surface area contributed by atoms with Crippen LogP contribution in [-0.4, -0.2) is 75.6 Å². The minimum Gasteiger partial charge on any atom is -0.482 e. The van der Waals surface area contributed by atoms with E-state index in [1.807, 2.05) is 25.1 Å². The molecule has 11 heteroatoms. The summed E-state index contributed by atoms with van der Waals surface area (Å²) in [6.07, 6.45) is 2.37. The Labute approximate surface area is 191 Å². The van der Waals surface area contributed by atoms with Crippen molar-refractivity contribution in [2.45, 2.75) is 13.3 Å². The van der Waals surface area contributed by atoms with Crippen molar-refractivity contribution in [2.75, 3.05) is 55.4 Å². The molecule has 0 aliphatic carbocycles. The van der Waals surface area contributed by atoms with E-state index in [-0.39, 0.29) is 12.5 Å². The third kappa shape index (κ3) is 4.67. The molecule has 11 nitrogen and oxygen atoms in total. The van der Waals surface area contributed by atoms with Crippen molar-refractivity contribution in [2.24, 2.45) is 0 Å². The van der Waals surface area contributed by atoms with Gasteiger partial charge >= 0.3 is 0 Å². The average Bonchev–Trinajstić information content (AvgIpc) is 2.84. The van der Waals surface area contributed by atoms with Crippen LogP contribution in [0.3, 0.4) is 0 Å². The SMILES string of the molecule is CCc1nc(Nc2nccc(-c3ccc4c(c3)NC(=O)CO4)n2)nc(N2CCN(C)CC2)n1. The number of carbonyl (C=O) groups is 1. The van der Waals surface area contributed by atoms with Gasteiger partial charge in [0.15, 0.2) is 6.61 Å². The third-order valence-electron chi connectivity index (χ3n) is 5.56. The number of aromatic nitrogens is 5. The lowest BCUT2D eigenvalue weighted by molar-refractivity contribution is -0.118. The summed E-state index contributed by atoms with van der Waals surface area (Å²) in [5.41, 5.74) is 2.14. The maximum atomic E-state index is 11.6. The molecule has 1 aromatic carbocycles. The molecule has 3 aromatic rings. The highest BCUT2D eigenvalue weighted by molar-refractivity contribution is 5.96. The van der Waals surface area contributed by atoms with E-state index in [4.69, 9.17) is 4.74 Å². The normalized spacial score (nSPS) is 16.1. The number of rotatable bonds is 5. The molecule has 2 N–H and O–H groups in total. The molecule has 170 valence electrons. The van der Waals surface area contributed by atoms with Gasteiger partial charge in [-0.05, 0) is 31.3 Å². The highest BCUT2D eigenvalue weighted by Gasteiger charge is 2.19. The Kier molecular flexibility index (Phi) is 5.69. The van der Waals surface area contributed by atoms with Crippen molar-refractivity contribution in [1.82, 2.24) is 29.8 Å². The van der Waals surface area contributed by atoms with Crippen molar-refractivity contribution >= 4 is 29.4 Å². The van der Waals surface area contributed by atoms with Gasteiger partial charge in [-0.15, -0.1) is 0 Å². The van der Waals surface area contributed by atoms with Crippen LogP contribution >= 0.6 is 0 Å². The number of fused-ring (bicyclic) bond motifs is 1. The Bertz CT molecular complexity index is 1180. The molecule has 33 heavy (non-hydrogen) atoms. The van der Waals surface area contributed by atoms with Crippen molar-refractivity contribution in [3.63, 3.8) is 0 Å². The van der Waals surface area contributed by atoms with Crippen molar-refractivity contribution in [1.29, 1.82) is 0 Å². The van der Waals surface area contributed by atoms with Gasteiger partial charge in [0.2, 0.25) is 17.8 Å². The summed E-state index contributed by atoms with van der Waals surface area (Å²) in [6.45, 7) is 5.71. The zero-order valence-corrected chi connectivity index (χ0v) is 18.6. The second-order valence-electron chi connectivity index (χ2n) is 7.96. The molecule has 1 fully saturated rings. The highest BCUT2D eigenvalue weighted by atomic mass is 16.5. The summed E-state index contributed by atoms with van der Waals surface area (Å²) >= 11 is 0. The largest absolute Gasteiger partial charge is 0.482 e. The number of benzene rings is 1. The van der Waals surface area contributed by atoms with Crippen LogP contribution in [0.4, 0.5) is 23.5 Å². The monoisotopic (exact) mass is 447 g/mol. The summed E-state index contributed by atoms with van der Waals surface area (Å²) < 4.78 is 5.43. The fourth-order valence-corrected chi connectivity index (χ4v) is 3.69. The molecule has 0 spiro atoms.